The smallest absolute Gasteiger partial charge is 0.243 e. The van der Waals surface area contributed by atoms with E-state index in [0.717, 1.165) is 29.3 Å². The van der Waals surface area contributed by atoms with Crippen LogP contribution in [0.1, 0.15) is 18.4 Å². The third-order valence-electron chi connectivity index (χ3n) is 2.95. The Morgan fingerprint density at radius 1 is 1.41 bits per heavy atom. The van der Waals surface area contributed by atoms with Crippen LogP contribution in [0, 0.1) is 5.92 Å². The van der Waals surface area contributed by atoms with Gasteiger partial charge in [-0.25, -0.2) is 5.43 Å². The highest BCUT2D eigenvalue weighted by Gasteiger charge is 2.29. The number of para-hydroxylation sites is 1. The topological polar surface area (TPSA) is 57.2 Å². The molecule has 1 aromatic heterocycles. The van der Waals surface area contributed by atoms with Crippen molar-refractivity contribution in [2.24, 2.45) is 11.0 Å². The number of nitrogens with zero attached hydrogens (tertiary/aromatic N) is 1. The Bertz CT molecular complexity index is 581. The Balaban J connectivity index is 1.75. The summed E-state index contributed by atoms with van der Waals surface area (Å²) in [6, 6.07) is 8.00. The zero-order chi connectivity index (χ0) is 11.7. The fraction of sp³-hybridized carbons (Fsp3) is 0.231. The van der Waals surface area contributed by atoms with Crippen molar-refractivity contribution in [1.82, 2.24) is 10.4 Å². The first-order chi connectivity index (χ1) is 8.34. The molecule has 2 N–H and O–H groups in total. The van der Waals surface area contributed by atoms with Crippen molar-refractivity contribution in [3.63, 3.8) is 0 Å². The van der Waals surface area contributed by atoms with Crippen molar-refractivity contribution in [3.05, 3.63) is 36.0 Å². The number of fused-ring (bicyclic) bond motifs is 1. The second kappa shape index (κ2) is 4.05. The van der Waals surface area contributed by atoms with Gasteiger partial charge in [0.2, 0.25) is 5.91 Å². The fourth-order valence-corrected chi connectivity index (χ4v) is 1.80. The van der Waals surface area contributed by atoms with E-state index in [9.17, 15) is 4.79 Å². The van der Waals surface area contributed by atoms with Crippen molar-refractivity contribution < 1.29 is 4.79 Å². The summed E-state index contributed by atoms with van der Waals surface area (Å²) in [6.45, 7) is 0. The molecule has 1 fully saturated rings. The molecule has 1 heterocycles. The zero-order valence-corrected chi connectivity index (χ0v) is 9.31. The Morgan fingerprint density at radius 3 is 3.06 bits per heavy atom. The third kappa shape index (κ3) is 2.06. The molecule has 0 atom stereocenters. The molecule has 1 saturated carbocycles. The second-order valence-corrected chi connectivity index (χ2v) is 4.30. The first kappa shape index (κ1) is 10.1. The molecule has 0 radical (unpaired) electrons. The first-order valence-corrected chi connectivity index (χ1v) is 5.73. The number of hydrogen-bond donors (Lipinski definition) is 2. The summed E-state index contributed by atoms with van der Waals surface area (Å²) in [5, 5.41) is 5.09. The van der Waals surface area contributed by atoms with Gasteiger partial charge in [-0.15, -0.1) is 0 Å². The number of nitrogens with one attached hydrogen (secondary N) is 2. The second-order valence-electron chi connectivity index (χ2n) is 4.30. The monoisotopic (exact) mass is 227 g/mol. The van der Waals surface area contributed by atoms with Crippen LogP contribution in [0.2, 0.25) is 0 Å². The predicted octanol–water partition coefficient (Wildman–Crippen LogP) is 2.03. The van der Waals surface area contributed by atoms with Crippen LogP contribution in [0.4, 0.5) is 0 Å². The van der Waals surface area contributed by atoms with Gasteiger partial charge < -0.3 is 4.98 Å². The molecule has 4 nitrogen and oxygen atoms in total. The Kier molecular flexibility index (Phi) is 2.40. The molecule has 17 heavy (non-hydrogen) atoms. The quantitative estimate of drug-likeness (QED) is 0.611. The Morgan fingerprint density at radius 2 is 2.24 bits per heavy atom. The average molecular weight is 227 g/mol. The van der Waals surface area contributed by atoms with E-state index in [1.165, 1.54) is 0 Å². The molecule has 86 valence electrons. The minimum atomic E-state index is 0.0288. The van der Waals surface area contributed by atoms with Gasteiger partial charge in [-0.05, 0) is 18.9 Å². The van der Waals surface area contributed by atoms with E-state index in [-0.39, 0.29) is 11.8 Å². The lowest BCUT2D eigenvalue weighted by atomic mass is 10.2. The van der Waals surface area contributed by atoms with Crippen molar-refractivity contribution in [3.8, 4) is 0 Å². The molecular formula is C13H13N3O. The summed E-state index contributed by atoms with van der Waals surface area (Å²) in [5.74, 6) is 0.219. The van der Waals surface area contributed by atoms with Crippen LogP contribution in [-0.4, -0.2) is 17.1 Å². The maximum absolute atomic E-state index is 11.4. The lowest BCUT2D eigenvalue weighted by Crippen LogP contribution is -2.18. The summed E-state index contributed by atoms with van der Waals surface area (Å²) in [5.41, 5.74) is 4.62. The van der Waals surface area contributed by atoms with Gasteiger partial charge in [0.05, 0.1) is 6.21 Å². The summed E-state index contributed by atoms with van der Waals surface area (Å²) in [7, 11) is 0. The number of benzene rings is 1. The Labute approximate surface area is 98.7 Å². The minimum Gasteiger partial charge on any atom is -0.361 e. The van der Waals surface area contributed by atoms with E-state index < -0.39 is 0 Å². The zero-order valence-electron chi connectivity index (χ0n) is 9.31. The van der Waals surface area contributed by atoms with Crippen LogP contribution in [0.25, 0.3) is 10.9 Å². The van der Waals surface area contributed by atoms with Gasteiger partial charge in [-0.1, -0.05) is 18.2 Å². The highest BCUT2D eigenvalue weighted by atomic mass is 16.2. The van der Waals surface area contributed by atoms with Crippen LogP contribution < -0.4 is 5.43 Å². The number of amides is 1. The molecule has 1 aliphatic carbocycles. The average Bonchev–Trinajstić information content (AvgIpc) is 3.12. The molecule has 0 spiro atoms. The molecule has 0 unspecified atom stereocenters. The first-order valence-electron chi connectivity index (χ1n) is 5.73. The van der Waals surface area contributed by atoms with Gasteiger partial charge in [-0.3, -0.25) is 4.79 Å². The van der Waals surface area contributed by atoms with Crippen LogP contribution in [0.15, 0.2) is 35.6 Å². The molecule has 1 amide bonds. The van der Waals surface area contributed by atoms with Gasteiger partial charge in [-0.2, -0.15) is 5.10 Å². The highest BCUT2D eigenvalue weighted by Crippen LogP contribution is 2.28. The summed E-state index contributed by atoms with van der Waals surface area (Å²) >= 11 is 0. The number of H-pyrrole nitrogens is 1. The molecule has 0 aliphatic heterocycles. The number of aromatic nitrogens is 1. The van der Waals surface area contributed by atoms with Crippen LogP contribution in [-0.2, 0) is 4.79 Å². The standard InChI is InChI=1S/C13H13N3O/c17-13(9-5-6-9)16-15-8-10-7-14-12-4-2-1-3-11(10)12/h1-4,7-9,14H,5-6H2,(H,16,17)/b15-8+. The summed E-state index contributed by atoms with van der Waals surface area (Å²) in [6.07, 6.45) is 5.55. The number of carbonyl (C=O) groups excluding carboxylic acids is 1. The van der Waals surface area contributed by atoms with Gasteiger partial charge in [0.15, 0.2) is 0 Å². The van der Waals surface area contributed by atoms with E-state index in [4.69, 9.17) is 0 Å². The summed E-state index contributed by atoms with van der Waals surface area (Å²) in [4.78, 5) is 14.5. The van der Waals surface area contributed by atoms with Gasteiger partial charge in [0.1, 0.15) is 0 Å². The van der Waals surface area contributed by atoms with Gasteiger partial charge in [0.25, 0.3) is 0 Å². The van der Waals surface area contributed by atoms with E-state index >= 15 is 0 Å². The van der Waals surface area contributed by atoms with Crippen molar-refractivity contribution >= 4 is 23.0 Å². The molecule has 1 aromatic carbocycles. The SMILES string of the molecule is O=C(N/N=C/c1c[nH]c2ccccc12)C1CC1. The van der Waals surface area contributed by atoms with Crippen molar-refractivity contribution in [1.29, 1.82) is 0 Å². The molecule has 4 heteroatoms. The molecule has 2 aromatic rings. The number of hydrogen-bond acceptors (Lipinski definition) is 2. The van der Waals surface area contributed by atoms with E-state index in [1.54, 1.807) is 6.21 Å². The molecular weight excluding hydrogens is 214 g/mol. The number of rotatable bonds is 3. The predicted molar refractivity (Wildman–Crippen MR) is 66.8 cm³/mol. The normalized spacial score (nSPS) is 15.5. The fourth-order valence-electron chi connectivity index (χ4n) is 1.80. The lowest BCUT2D eigenvalue weighted by molar-refractivity contribution is -0.122. The van der Waals surface area contributed by atoms with Crippen LogP contribution >= 0.6 is 0 Å². The van der Waals surface area contributed by atoms with E-state index in [2.05, 4.69) is 15.5 Å². The van der Waals surface area contributed by atoms with Gasteiger partial charge >= 0.3 is 0 Å². The number of carbonyl (C=O) groups is 1. The van der Waals surface area contributed by atoms with Crippen molar-refractivity contribution in [2.45, 2.75) is 12.8 Å². The third-order valence-corrected chi connectivity index (χ3v) is 2.95. The molecule has 0 saturated heterocycles. The number of hydrazone groups is 1. The maximum atomic E-state index is 11.4. The maximum Gasteiger partial charge on any atom is 0.243 e. The molecule has 3 rings (SSSR count). The summed E-state index contributed by atoms with van der Waals surface area (Å²) < 4.78 is 0. The highest BCUT2D eigenvalue weighted by molar-refractivity contribution is 5.99. The Hall–Kier alpha value is -2.10. The van der Waals surface area contributed by atoms with Gasteiger partial charge in [0, 0.05) is 28.6 Å². The van der Waals surface area contributed by atoms with Crippen LogP contribution in [0.3, 0.4) is 0 Å². The molecule has 1 aliphatic rings. The van der Waals surface area contributed by atoms with E-state index in [0.29, 0.717) is 0 Å². The van der Waals surface area contributed by atoms with Crippen LogP contribution in [0.5, 0.6) is 0 Å². The number of aromatic amines is 1. The van der Waals surface area contributed by atoms with E-state index in [1.807, 2.05) is 30.5 Å². The molecule has 0 bridgehead atoms. The largest absolute Gasteiger partial charge is 0.361 e. The minimum absolute atomic E-state index is 0.0288. The lowest BCUT2D eigenvalue weighted by Gasteiger charge is -1.95. The van der Waals surface area contributed by atoms with Crippen molar-refractivity contribution in [2.75, 3.05) is 0 Å².